The van der Waals surface area contributed by atoms with Gasteiger partial charge in [0.1, 0.15) is 29.3 Å². The average Bonchev–Trinajstić information content (AvgIpc) is 3.35. The molecule has 38 heavy (non-hydrogen) atoms. The molecule has 2 bridgehead atoms. The quantitative estimate of drug-likeness (QED) is 0.465. The number of alkyl halides is 6. The first-order valence-corrected chi connectivity index (χ1v) is 11.4. The Morgan fingerprint density at radius 1 is 0.974 bits per heavy atom. The van der Waals surface area contributed by atoms with Crippen molar-refractivity contribution in [2.75, 3.05) is 4.90 Å². The lowest BCUT2D eigenvalue weighted by Crippen LogP contribution is -2.51. The molecule has 0 spiro atoms. The van der Waals surface area contributed by atoms with Crippen LogP contribution < -0.4 is 10.5 Å². The van der Waals surface area contributed by atoms with Crippen LogP contribution in [-0.2, 0) is 12.4 Å². The fourth-order valence-corrected chi connectivity index (χ4v) is 5.32. The van der Waals surface area contributed by atoms with Gasteiger partial charge < -0.3 is 15.1 Å². The number of fused-ring (bicyclic) bond motifs is 2. The number of nitrogens with zero attached hydrogens (tertiary/aromatic N) is 4. The Labute approximate surface area is 213 Å². The SMILES string of the molecule is O=c1ccnc([C@@H]2[C@@H]3C[C@@H]([C@@H](O)[C@H]3O)N2c2cc(C(F)(F)F)cc(C(F)(F)F)n2)n1-c1ccc(F)c(Cl)c1. The molecule has 0 unspecified atom stereocenters. The van der Waals surface area contributed by atoms with Crippen LogP contribution in [0.1, 0.15) is 29.5 Å². The van der Waals surface area contributed by atoms with Gasteiger partial charge in [-0.2, -0.15) is 26.3 Å². The lowest BCUT2D eigenvalue weighted by atomic mass is 9.93. The van der Waals surface area contributed by atoms with Crippen LogP contribution in [0, 0.1) is 11.7 Å². The molecule has 3 heterocycles. The second-order valence-corrected chi connectivity index (χ2v) is 9.38. The molecule has 7 nitrogen and oxygen atoms in total. The summed E-state index contributed by atoms with van der Waals surface area (Å²) in [7, 11) is 0. The first-order chi connectivity index (χ1) is 17.7. The van der Waals surface area contributed by atoms with Crippen LogP contribution in [0.4, 0.5) is 36.6 Å². The number of benzene rings is 1. The van der Waals surface area contributed by atoms with Crippen LogP contribution in [0.2, 0.25) is 5.02 Å². The molecule has 5 rings (SSSR count). The predicted molar refractivity (Wildman–Crippen MR) is 118 cm³/mol. The third kappa shape index (κ3) is 4.29. The van der Waals surface area contributed by atoms with Crippen LogP contribution in [0.25, 0.3) is 5.69 Å². The van der Waals surface area contributed by atoms with Crippen LogP contribution in [0.15, 0.2) is 47.4 Å². The summed E-state index contributed by atoms with van der Waals surface area (Å²) in [6.45, 7) is 0. The molecule has 0 amide bonds. The predicted octanol–water partition coefficient (Wildman–Crippen LogP) is 4.13. The zero-order valence-corrected chi connectivity index (χ0v) is 19.5. The molecule has 2 fully saturated rings. The molecular formula is C23H16ClF7N4O3. The summed E-state index contributed by atoms with van der Waals surface area (Å²) in [5.41, 5.74) is -4.16. The van der Waals surface area contributed by atoms with Crippen molar-refractivity contribution in [1.82, 2.24) is 14.5 Å². The molecule has 2 aromatic heterocycles. The van der Waals surface area contributed by atoms with Gasteiger partial charge in [0.05, 0.1) is 34.5 Å². The molecule has 2 aliphatic rings. The minimum atomic E-state index is -5.24. The largest absolute Gasteiger partial charge is 0.433 e. The summed E-state index contributed by atoms with van der Waals surface area (Å²) in [4.78, 5) is 21.5. The molecule has 2 N–H and O–H groups in total. The summed E-state index contributed by atoms with van der Waals surface area (Å²) in [5.74, 6) is -2.73. The molecule has 1 saturated carbocycles. The summed E-state index contributed by atoms with van der Waals surface area (Å²) in [5, 5.41) is 20.8. The highest BCUT2D eigenvalue weighted by molar-refractivity contribution is 6.30. The van der Waals surface area contributed by atoms with E-state index < -0.39 is 71.0 Å². The third-order valence-electron chi connectivity index (χ3n) is 6.75. The number of piperidine rings is 1. The Bertz CT molecular complexity index is 1430. The fraction of sp³-hybridized carbons (Fsp3) is 0.348. The van der Waals surface area contributed by atoms with Crippen molar-refractivity contribution < 1.29 is 40.9 Å². The summed E-state index contributed by atoms with van der Waals surface area (Å²) < 4.78 is 96.1. The number of aromatic nitrogens is 3. The summed E-state index contributed by atoms with van der Waals surface area (Å²) >= 11 is 5.86. The Morgan fingerprint density at radius 3 is 2.32 bits per heavy atom. The second-order valence-electron chi connectivity index (χ2n) is 8.97. The Hall–Kier alpha value is -3.23. The Morgan fingerprint density at radius 2 is 1.68 bits per heavy atom. The molecule has 3 aromatic rings. The van der Waals surface area contributed by atoms with E-state index in [1.165, 1.54) is 6.07 Å². The topological polar surface area (TPSA) is 91.5 Å². The van der Waals surface area contributed by atoms with Gasteiger partial charge in [0, 0.05) is 18.2 Å². The van der Waals surface area contributed by atoms with E-state index in [2.05, 4.69) is 9.97 Å². The molecule has 15 heteroatoms. The van der Waals surface area contributed by atoms with Gasteiger partial charge in [0.2, 0.25) is 0 Å². The van der Waals surface area contributed by atoms with Crippen molar-refractivity contribution in [2.45, 2.75) is 43.1 Å². The molecule has 0 radical (unpaired) electrons. The van der Waals surface area contributed by atoms with E-state index in [0.717, 1.165) is 33.9 Å². The fourth-order valence-electron chi connectivity index (χ4n) is 5.15. The number of pyridine rings is 1. The van der Waals surface area contributed by atoms with Gasteiger partial charge in [0.15, 0.2) is 0 Å². The van der Waals surface area contributed by atoms with E-state index in [-0.39, 0.29) is 29.0 Å². The van der Waals surface area contributed by atoms with Crippen molar-refractivity contribution in [3.05, 3.63) is 80.9 Å². The second kappa shape index (κ2) is 8.92. The van der Waals surface area contributed by atoms with E-state index in [1.54, 1.807) is 0 Å². The maximum absolute atomic E-state index is 13.8. The molecular weight excluding hydrogens is 549 g/mol. The van der Waals surface area contributed by atoms with Crippen molar-refractivity contribution in [1.29, 1.82) is 0 Å². The maximum atomic E-state index is 13.8. The van der Waals surface area contributed by atoms with Crippen molar-refractivity contribution in [2.24, 2.45) is 5.92 Å². The molecule has 1 aromatic carbocycles. The van der Waals surface area contributed by atoms with E-state index in [4.69, 9.17) is 11.6 Å². The highest BCUT2D eigenvalue weighted by Gasteiger charge is 2.59. The van der Waals surface area contributed by atoms with Gasteiger partial charge >= 0.3 is 12.4 Å². The minimum Gasteiger partial charge on any atom is -0.390 e. The monoisotopic (exact) mass is 564 g/mol. The van der Waals surface area contributed by atoms with Crippen LogP contribution in [-0.4, -0.2) is 43.0 Å². The normalized spacial score (nSPS) is 25.3. The highest BCUT2D eigenvalue weighted by Crippen LogP contribution is 2.52. The van der Waals surface area contributed by atoms with Gasteiger partial charge in [-0.1, -0.05) is 11.6 Å². The lowest BCUT2D eigenvalue weighted by molar-refractivity contribution is -0.145. The molecule has 1 aliphatic heterocycles. The number of anilines is 1. The average molecular weight is 565 g/mol. The maximum Gasteiger partial charge on any atom is 0.433 e. The number of rotatable bonds is 3. The van der Waals surface area contributed by atoms with Gasteiger partial charge in [-0.3, -0.25) is 9.36 Å². The zero-order chi connectivity index (χ0) is 27.7. The Balaban J connectivity index is 1.74. The van der Waals surface area contributed by atoms with E-state index in [1.807, 2.05) is 0 Å². The van der Waals surface area contributed by atoms with Crippen LogP contribution in [0.5, 0.6) is 0 Å². The molecule has 1 aliphatic carbocycles. The first-order valence-electron chi connectivity index (χ1n) is 11.0. The number of halogens is 8. The van der Waals surface area contributed by atoms with Gasteiger partial charge in [-0.25, -0.2) is 14.4 Å². The number of aliphatic hydroxyl groups excluding tert-OH is 2. The third-order valence-corrected chi connectivity index (χ3v) is 7.04. The number of aliphatic hydroxyl groups is 2. The van der Waals surface area contributed by atoms with Gasteiger partial charge in [-0.05, 0) is 36.8 Å². The van der Waals surface area contributed by atoms with Gasteiger partial charge in [0.25, 0.3) is 5.56 Å². The summed E-state index contributed by atoms with van der Waals surface area (Å²) in [6, 6.07) is 2.10. The Kier molecular flexibility index (Phi) is 6.19. The number of hydrogen-bond acceptors (Lipinski definition) is 6. The smallest absolute Gasteiger partial charge is 0.390 e. The first kappa shape index (κ1) is 26.4. The van der Waals surface area contributed by atoms with Crippen LogP contribution >= 0.6 is 11.6 Å². The lowest BCUT2D eigenvalue weighted by Gasteiger charge is -2.41. The highest BCUT2D eigenvalue weighted by atomic mass is 35.5. The standard InChI is InChI=1S/C23H16ClF7N4O3/c24-12-7-10(1-2-13(12)25)34-17(36)3-4-32-21(34)18-11-8-14(20(38)19(11)37)35(18)16-6-9(22(26,27)28)5-15(33-16)23(29,30)31/h1-7,11,14,18-20,37-38H,8H2/t11-,14-,18-,19-,20+/m0/s1. The van der Waals surface area contributed by atoms with Crippen molar-refractivity contribution in [3.63, 3.8) is 0 Å². The van der Waals surface area contributed by atoms with Crippen molar-refractivity contribution in [3.8, 4) is 5.69 Å². The molecule has 1 saturated heterocycles. The summed E-state index contributed by atoms with van der Waals surface area (Å²) in [6.07, 6.45) is -12.3. The van der Waals surface area contributed by atoms with Crippen molar-refractivity contribution >= 4 is 17.4 Å². The van der Waals surface area contributed by atoms with E-state index >= 15 is 0 Å². The van der Waals surface area contributed by atoms with E-state index in [0.29, 0.717) is 6.07 Å². The number of hydrogen-bond donors (Lipinski definition) is 2. The van der Waals surface area contributed by atoms with Gasteiger partial charge in [-0.15, -0.1) is 0 Å². The van der Waals surface area contributed by atoms with E-state index in [9.17, 15) is 45.7 Å². The minimum absolute atomic E-state index is 0.00948. The molecule has 5 atom stereocenters. The van der Waals surface area contributed by atoms with Crippen LogP contribution in [0.3, 0.4) is 0 Å². The molecule has 202 valence electrons. The zero-order valence-electron chi connectivity index (χ0n) is 18.8.